The van der Waals surface area contributed by atoms with Crippen molar-refractivity contribution in [2.24, 2.45) is 0 Å². The van der Waals surface area contributed by atoms with Gasteiger partial charge in [-0.2, -0.15) is 0 Å². The summed E-state index contributed by atoms with van der Waals surface area (Å²) >= 11 is 2.84. The number of likely N-dealkylation sites (N-methyl/N-ethyl adjacent to an activating group) is 1. The number of hydrogen-bond donors (Lipinski definition) is 3. The zero-order valence-corrected chi connectivity index (χ0v) is 9.43. The van der Waals surface area contributed by atoms with E-state index < -0.39 is 23.1 Å². The van der Waals surface area contributed by atoms with Crippen molar-refractivity contribution in [3.05, 3.63) is 21.9 Å². The van der Waals surface area contributed by atoms with Crippen LogP contribution < -0.4 is 5.32 Å². The highest BCUT2D eigenvalue weighted by molar-refractivity contribution is 9.10. The SMILES string of the molecule is CNCC(=O)c1c(O)c(O)cc(F)c1Br. The van der Waals surface area contributed by atoms with Crippen LogP contribution in [0.3, 0.4) is 0 Å². The molecule has 0 spiro atoms. The number of phenolic OH excluding ortho intramolecular Hbond substituents is 2. The highest BCUT2D eigenvalue weighted by Gasteiger charge is 2.21. The Kier molecular flexibility index (Phi) is 3.65. The molecule has 0 heterocycles. The number of carbonyl (C=O) groups excluding carboxylic acids is 1. The average Bonchev–Trinajstić information content (AvgIpc) is 2.16. The van der Waals surface area contributed by atoms with Crippen LogP contribution in [0.25, 0.3) is 0 Å². The van der Waals surface area contributed by atoms with Crippen LogP contribution in [0.2, 0.25) is 0 Å². The van der Waals surface area contributed by atoms with E-state index in [9.17, 15) is 14.3 Å². The molecule has 15 heavy (non-hydrogen) atoms. The van der Waals surface area contributed by atoms with E-state index in [1.165, 1.54) is 0 Å². The molecule has 1 aromatic rings. The summed E-state index contributed by atoms with van der Waals surface area (Å²) in [5.74, 6) is -2.60. The van der Waals surface area contributed by atoms with Crippen LogP contribution in [0.4, 0.5) is 4.39 Å². The lowest BCUT2D eigenvalue weighted by molar-refractivity contribution is 0.0989. The Morgan fingerprint density at radius 2 is 2.20 bits per heavy atom. The van der Waals surface area contributed by atoms with E-state index >= 15 is 0 Å². The van der Waals surface area contributed by atoms with Gasteiger partial charge in [-0.1, -0.05) is 0 Å². The zero-order valence-electron chi connectivity index (χ0n) is 7.84. The molecule has 0 radical (unpaired) electrons. The highest BCUT2D eigenvalue weighted by Crippen LogP contribution is 2.36. The number of halogens is 2. The maximum atomic E-state index is 13.1. The molecule has 4 nitrogen and oxygen atoms in total. The first-order valence-electron chi connectivity index (χ1n) is 4.06. The van der Waals surface area contributed by atoms with Crippen LogP contribution in [0.5, 0.6) is 11.5 Å². The van der Waals surface area contributed by atoms with Crippen LogP contribution in [0.15, 0.2) is 10.5 Å². The van der Waals surface area contributed by atoms with Crippen molar-refractivity contribution in [2.75, 3.05) is 13.6 Å². The molecular formula is C9H9BrFNO3. The van der Waals surface area contributed by atoms with Gasteiger partial charge in [-0.05, 0) is 23.0 Å². The van der Waals surface area contributed by atoms with Crippen LogP contribution in [0.1, 0.15) is 10.4 Å². The van der Waals surface area contributed by atoms with E-state index in [4.69, 9.17) is 5.11 Å². The van der Waals surface area contributed by atoms with Crippen LogP contribution >= 0.6 is 15.9 Å². The van der Waals surface area contributed by atoms with Gasteiger partial charge in [-0.25, -0.2) is 4.39 Å². The van der Waals surface area contributed by atoms with Gasteiger partial charge in [0, 0.05) is 6.07 Å². The summed E-state index contributed by atoms with van der Waals surface area (Å²) < 4.78 is 13.0. The van der Waals surface area contributed by atoms with E-state index in [2.05, 4.69) is 21.2 Å². The number of nitrogens with one attached hydrogen (secondary N) is 1. The summed E-state index contributed by atoms with van der Waals surface area (Å²) in [4.78, 5) is 11.5. The van der Waals surface area contributed by atoms with E-state index in [0.29, 0.717) is 0 Å². The fraction of sp³-hybridized carbons (Fsp3) is 0.222. The Hall–Kier alpha value is -1.14. The summed E-state index contributed by atoms with van der Waals surface area (Å²) in [6, 6.07) is 0.732. The maximum absolute atomic E-state index is 13.1. The minimum Gasteiger partial charge on any atom is -0.504 e. The van der Waals surface area contributed by atoms with Crippen molar-refractivity contribution in [2.45, 2.75) is 0 Å². The fourth-order valence-electron chi connectivity index (χ4n) is 1.11. The first-order valence-corrected chi connectivity index (χ1v) is 4.86. The van der Waals surface area contributed by atoms with Gasteiger partial charge in [-0.15, -0.1) is 0 Å². The summed E-state index contributed by atoms with van der Waals surface area (Å²) in [6.07, 6.45) is 0. The monoisotopic (exact) mass is 277 g/mol. The number of hydrogen-bond acceptors (Lipinski definition) is 4. The third kappa shape index (κ3) is 2.27. The van der Waals surface area contributed by atoms with Gasteiger partial charge in [-0.3, -0.25) is 4.79 Å². The van der Waals surface area contributed by atoms with Gasteiger partial charge >= 0.3 is 0 Å². The number of aromatic hydroxyl groups is 2. The molecule has 0 aromatic heterocycles. The first kappa shape index (κ1) is 11.9. The van der Waals surface area contributed by atoms with Gasteiger partial charge in [0.2, 0.25) is 0 Å². The number of ketones is 1. The molecule has 0 saturated carbocycles. The topological polar surface area (TPSA) is 69.6 Å². The Labute approximate surface area is 93.9 Å². The lowest BCUT2D eigenvalue weighted by Crippen LogP contribution is -2.19. The summed E-state index contributed by atoms with van der Waals surface area (Å²) in [6.45, 7) is -0.0605. The quantitative estimate of drug-likeness (QED) is 0.577. The van der Waals surface area contributed by atoms with Crippen molar-refractivity contribution in [1.82, 2.24) is 5.32 Å². The summed E-state index contributed by atoms with van der Waals surface area (Å²) in [5, 5.41) is 21.1. The lowest BCUT2D eigenvalue weighted by atomic mass is 10.1. The van der Waals surface area contributed by atoms with Crippen LogP contribution in [-0.2, 0) is 0 Å². The van der Waals surface area contributed by atoms with E-state index in [1.807, 2.05) is 0 Å². The van der Waals surface area contributed by atoms with E-state index in [0.717, 1.165) is 6.07 Å². The molecule has 0 unspecified atom stereocenters. The van der Waals surface area contributed by atoms with Crippen LogP contribution in [-0.4, -0.2) is 29.6 Å². The number of phenols is 2. The number of Topliss-reactive ketones (excluding diaryl/α,β-unsaturated/α-hetero) is 1. The molecule has 1 rings (SSSR count). The van der Waals surface area contributed by atoms with E-state index in [1.54, 1.807) is 7.05 Å². The minimum atomic E-state index is -0.801. The molecule has 6 heteroatoms. The van der Waals surface area contributed by atoms with Gasteiger partial charge in [0.15, 0.2) is 17.3 Å². The first-order chi connectivity index (χ1) is 6.99. The van der Waals surface area contributed by atoms with Crippen molar-refractivity contribution in [3.63, 3.8) is 0 Å². The lowest BCUT2D eigenvalue weighted by Gasteiger charge is -2.08. The second-order valence-electron chi connectivity index (χ2n) is 2.87. The molecule has 0 atom stereocenters. The maximum Gasteiger partial charge on any atom is 0.181 e. The molecule has 0 aliphatic rings. The normalized spacial score (nSPS) is 10.3. The zero-order chi connectivity index (χ0) is 11.6. The molecule has 82 valence electrons. The summed E-state index contributed by atoms with van der Waals surface area (Å²) in [5.41, 5.74) is -0.262. The standard InChI is InChI=1S/C9H9BrFNO3/c1-12-3-6(14)7-8(10)4(11)2-5(13)9(7)15/h2,12-13,15H,3H2,1H3. The Bertz CT molecular complexity index is 383. The molecule has 3 N–H and O–H groups in total. The molecule has 0 bridgehead atoms. The number of carbonyl (C=O) groups is 1. The highest BCUT2D eigenvalue weighted by atomic mass is 79.9. The molecular weight excluding hydrogens is 269 g/mol. The predicted octanol–water partition coefficient (Wildman–Crippen LogP) is 1.40. The number of benzene rings is 1. The van der Waals surface area contributed by atoms with Crippen LogP contribution in [0, 0.1) is 5.82 Å². The largest absolute Gasteiger partial charge is 0.504 e. The molecule has 0 saturated heterocycles. The minimum absolute atomic E-state index is 0.0605. The summed E-state index contributed by atoms with van der Waals surface area (Å²) in [7, 11) is 1.54. The fourth-order valence-corrected chi connectivity index (χ4v) is 1.63. The van der Waals surface area contributed by atoms with Crippen molar-refractivity contribution in [3.8, 4) is 11.5 Å². The van der Waals surface area contributed by atoms with Gasteiger partial charge in [0.05, 0.1) is 16.6 Å². The Morgan fingerprint density at radius 3 is 2.73 bits per heavy atom. The molecule has 0 aliphatic carbocycles. The second kappa shape index (κ2) is 4.59. The molecule has 0 amide bonds. The molecule has 0 fully saturated rings. The number of rotatable bonds is 3. The average molecular weight is 278 g/mol. The van der Waals surface area contributed by atoms with E-state index in [-0.39, 0.29) is 16.6 Å². The van der Waals surface area contributed by atoms with Crippen molar-refractivity contribution >= 4 is 21.7 Å². The Balaban J connectivity index is 3.32. The second-order valence-corrected chi connectivity index (χ2v) is 3.66. The predicted molar refractivity (Wildman–Crippen MR) is 55.7 cm³/mol. The van der Waals surface area contributed by atoms with Gasteiger partial charge < -0.3 is 15.5 Å². The molecule has 0 aliphatic heterocycles. The van der Waals surface area contributed by atoms with Gasteiger partial charge in [0.25, 0.3) is 0 Å². The smallest absolute Gasteiger partial charge is 0.181 e. The van der Waals surface area contributed by atoms with Crippen molar-refractivity contribution in [1.29, 1.82) is 0 Å². The van der Waals surface area contributed by atoms with Crippen molar-refractivity contribution < 1.29 is 19.4 Å². The Morgan fingerprint density at radius 1 is 1.60 bits per heavy atom. The van der Waals surface area contributed by atoms with Gasteiger partial charge in [0.1, 0.15) is 5.82 Å². The molecule has 1 aromatic carbocycles. The third-order valence-corrected chi connectivity index (χ3v) is 2.56. The third-order valence-electron chi connectivity index (χ3n) is 1.79.